The summed E-state index contributed by atoms with van der Waals surface area (Å²) in [6, 6.07) is 1.03. The largest absolute Gasteiger partial charge is 0.378 e. The Morgan fingerprint density at radius 3 is 2.38 bits per heavy atom. The quantitative estimate of drug-likeness (QED) is 0.754. The van der Waals surface area contributed by atoms with Gasteiger partial charge in [-0.1, -0.05) is 13.8 Å². The fraction of sp³-hybridized carbons (Fsp3) is 1.00. The first kappa shape index (κ1) is 15.9. The van der Waals surface area contributed by atoms with E-state index < -0.39 is 0 Å². The lowest BCUT2D eigenvalue weighted by Crippen LogP contribution is -2.43. The molecule has 5 heteroatoms. The van der Waals surface area contributed by atoms with Gasteiger partial charge in [0.05, 0.1) is 6.10 Å². The lowest BCUT2D eigenvalue weighted by Gasteiger charge is -2.20. The van der Waals surface area contributed by atoms with Crippen LogP contribution in [0.15, 0.2) is 0 Å². The number of rotatable bonds is 3. The fourth-order valence-corrected chi connectivity index (χ4v) is 1.50. The molecule has 0 aromatic rings. The highest BCUT2D eigenvalue weighted by molar-refractivity contribution is 5.85. The van der Waals surface area contributed by atoms with Crippen LogP contribution >= 0.6 is 24.8 Å². The van der Waals surface area contributed by atoms with E-state index in [0.29, 0.717) is 18.2 Å². The van der Waals surface area contributed by atoms with Crippen molar-refractivity contribution in [1.82, 2.24) is 10.6 Å². The van der Waals surface area contributed by atoms with Crippen molar-refractivity contribution < 1.29 is 4.74 Å². The molecule has 2 N–H and O–H groups in total. The van der Waals surface area contributed by atoms with Crippen LogP contribution in [-0.2, 0) is 4.74 Å². The van der Waals surface area contributed by atoms with Gasteiger partial charge >= 0.3 is 0 Å². The monoisotopic (exact) mass is 230 g/mol. The standard InChI is InChI=1S/C8H18N2O.2ClH/c1-6(2)10-7-4-9-5-8(7)11-3;;/h6-10H,4-5H2,1-3H3;2*1H/t7-,8+;;/m1../s1. The Hall–Kier alpha value is 0.460. The number of ether oxygens (including phenoxy) is 1. The molecule has 0 aliphatic carbocycles. The Morgan fingerprint density at radius 1 is 1.31 bits per heavy atom. The van der Waals surface area contributed by atoms with Crippen molar-refractivity contribution in [3.05, 3.63) is 0 Å². The highest BCUT2D eigenvalue weighted by atomic mass is 35.5. The van der Waals surface area contributed by atoms with Gasteiger partial charge in [-0.05, 0) is 0 Å². The van der Waals surface area contributed by atoms with Crippen LogP contribution in [0.1, 0.15) is 13.8 Å². The van der Waals surface area contributed by atoms with Crippen molar-refractivity contribution in [2.75, 3.05) is 20.2 Å². The Morgan fingerprint density at radius 2 is 1.92 bits per heavy atom. The maximum absolute atomic E-state index is 5.30. The number of methoxy groups -OCH3 is 1. The van der Waals surface area contributed by atoms with E-state index in [1.54, 1.807) is 7.11 Å². The van der Waals surface area contributed by atoms with Crippen LogP contribution in [0.4, 0.5) is 0 Å². The van der Waals surface area contributed by atoms with Crippen LogP contribution in [0.3, 0.4) is 0 Å². The summed E-state index contributed by atoms with van der Waals surface area (Å²) < 4.78 is 5.30. The predicted molar refractivity (Wildman–Crippen MR) is 60.2 cm³/mol. The van der Waals surface area contributed by atoms with E-state index in [9.17, 15) is 0 Å². The Bertz CT molecular complexity index is 125. The van der Waals surface area contributed by atoms with Crippen molar-refractivity contribution in [3.8, 4) is 0 Å². The van der Waals surface area contributed by atoms with Gasteiger partial charge in [0.1, 0.15) is 0 Å². The van der Waals surface area contributed by atoms with Crippen molar-refractivity contribution in [2.24, 2.45) is 0 Å². The molecule has 0 spiro atoms. The average molecular weight is 231 g/mol. The summed E-state index contributed by atoms with van der Waals surface area (Å²) >= 11 is 0. The fourth-order valence-electron chi connectivity index (χ4n) is 1.50. The second-order valence-corrected chi connectivity index (χ2v) is 3.36. The smallest absolute Gasteiger partial charge is 0.0860 e. The predicted octanol–water partition coefficient (Wildman–Crippen LogP) is 0.815. The molecule has 1 rings (SSSR count). The molecular weight excluding hydrogens is 211 g/mol. The molecule has 1 heterocycles. The number of hydrogen-bond acceptors (Lipinski definition) is 3. The Kier molecular flexibility index (Phi) is 9.58. The van der Waals surface area contributed by atoms with Crippen molar-refractivity contribution in [2.45, 2.75) is 32.0 Å². The van der Waals surface area contributed by atoms with E-state index in [-0.39, 0.29) is 24.8 Å². The first-order valence-corrected chi connectivity index (χ1v) is 4.23. The van der Waals surface area contributed by atoms with Gasteiger partial charge in [0.15, 0.2) is 0 Å². The molecule has 1 aliphatic heterocycles. The normalized spacial score (nSPS) is 26.8. The van der Waals surface area contributed by atoms with Crippen LogP contribution in [0.2, 0.25) is 0 Å². The van der Waals surface area contributed by atoms with Crippen molar-refractivity contribution >= 4 is 24.8 Å². The molecule has 82 valence electrons. The average Bonchev–Trinajstić information content (AvgIpc) is 2.34. The molecule has 1 aliphatic rings. The van der Waals surface area contributed by atoms with Crippen LogP contribution < -0.4 is 10.6 Å². The molecule has 0 radical (unpaired) electrons. The summed E-state index contributed by atoms with van der Waals surface area (Å²) in [6.45, 7) is 6.31. The van der Waals surface area contributed by atoms with Gasteiger partial charge < -0.3 is 15.4 Å². The minimum atomic E-state index is 0. The van der Waals surface area contributed by atoms with Crippen LogP contribution in [0.5, 0.6) is 0 Å². The maximum atomic E-state index is 5.30. The molecule has 1 fully saturated rings. The first-order chi connectivity index (χ1) is 5.24. The molecule has 0 aromatic carbocycles. The SMILES string of the molecule is CO[C@H]1CNC[C@H]1NC(C)C.Cl.Cl. The minimum Gasteiger partial charge on any atom is -0.378 e. The molecule has 0 aromatic heterocycles. The van der Waals surface area contributed by atoms with Gasteiger partial charge in [0, 0.05) is 32.3 Å². The first-order valence-electron chi connectivity index (χ1n) is 4.23. The molecule has 2 atom stereocenters. The topological polar surface area (TPSA) is 33.3 Å². The van der Waals surface area contributed by atoms with E-state index in [4.69, 9.17) is 4.74 Å². The molecule has 0 saturated carbocycles. The van der Waals surface area contributed by atoms with E-state index in [2.05, 4.69) is 24.5 Å². The van der Waals surface area contributed by atoms with Gasteiger partial charge in [-0.2, -0.15) is 0 Å². The summed E-state index contributed by atoms with van der Waals surface area (Å²) in [5.41, 5.74) is 0. The molecule has 0 bridgehead atoms. The molecule has 13 heavy (non-hydrogen) atoms. The van der Waals surface area contributed by atoms with E-state index in [1.165, 1.54) is 0 Å². The Labute approximate surface area is 92.8 Å². The summed E-state index contributed by atoms with van der Waals surface area (Å²) in [6.07, 6.45) is 0.345. The molecular formula is C8H20Cl2N2O. The highest BCUT2D eigenvalue weighted by Crippen LogP contribution is 2.04. The van der Waals surface area contributed by atoms with Crippen LogP contribution in [-0.4, -0.2) is 38.4 Å². The summed E-state index contributed by atoms with van der Waals surface area (Å²) in [4.78, 5) is 0. The molecule has 1 saturated heterocycles. The van der Waals surface area contributed by atoms with Crippen molar-refractivity contribution in [3.63, 3.8) is 0 Å². The third kappa shape index (κ3) is 5.03. The number of nitrogens with one attached hydrogen (secondary N) is 2. The summed E-state index contributed by atoms with van der Waals surface area (Å²) in [5, 5.41) is 6.75. The molecule has 0 amide bonds. The van der Waals surface area contributed by atoms with E-state index >= 15 is 0 Å². The zero-order valence-electron chi connectivity index (χ0n) is 8.37. The van der Waals surface area contributed by atoms with Gasteiger partial charge in [0.25, 0.3) is 0 Å². The van der Waals surface area contributed by atoms with Gasteiger partial charge in [-0.15, -0.1) is 24.8 Å². The van der Waals surface area contributed by atoms with Gasteiger partial charge in [0.2, 0.25) is 0 Å². The second-order valence-electron chi connectivity index (χ2n) is 3.36. The van der Waals surface area contributed by atoms with Crippen molar-refractivity contribution in [1.29, 1.82) is 0 Å². The highest BCUT2D eigenvalue weighted by Gasteiger charge is 2.26. The van der Waals surface area contributed by atoms with Crippen LogP contribution in [0, 0.1) is 0 Å². The number of halogens is 2. The van der Waals surface area contributed by atoms with E-state index in [1.807, 2.05) is 0 Å². The maximum Gasteiger partial charge on any atom is 0.0860 e. The number of hydrogen-bond donors (Lipinski definition) is 2. The lowest BCUT2D eigenvalue weighted by atomic mass is 10.2. The van der Waals surface area contributed by atoms with E-state index in [0.717, 1.165) is 13.1 Å². The Balaban J connectivity index is 0. The summed E-state index contributed by atoms with van der Waals surface area (Å²) in [5.74, 6) is 0. The zero-order valence-corrected chi connectivity index (χ0v) is 10.0. The van der Waals surface area contributed by atoms with Gasteiger partial charge in [-0.25, -0.2) is 0 Å². The second kappa shape index (κ2) is 7.83. The zero-order chi connectivity index (χ0) is 8.27. The van der Waals surface area contributed by atoms with Gasteiger partial charge in [-0.3, -0.25) is 0 Å². The molecule has 0 unspecified atom stereocenters. The van der Waals surface area contributed by atoms with Crippen LogP contribution in [0.25, 0.3) is 0 Å². The summed E-state index contributed by atoms with van der Waals surface area (Å²) in [7, 11) is 1.77. The lowest BCUT2D eigenvalue weighted by molar-refractivity contribution is 0.0938. The third-order valence-electron chi connectivity index (χ3n) is 2.01. The third-order valence-corrected chi connectivity index (χ3v) is 2.01. The molecule has 3 nitrogen and oxygen atoms in total. The minimum absolute atomic E-state index is 0.